The molecule has 0 saturated heterocycles. The molecule has 0 aliphatic rings. The normalized spacial score (nSPS) is 12.6. The summed E-state index contributed by atoms with van der Waals surface area (Å²) < 4.78 is 0. The molecular formula is C30H27Cl. The van der Waals surface area contributed by atoms with Crippen LogP contribution in [0.25, 0.3) is 5.57 Å². The molecule has 31 heavy (non-hydrogen) atoms. The van der Waals surface area contributed by atoms with E-state index < -0.39 is 0 Å². The van der Waals surface area contributed by atoms with Gasteiger partial charge < -0.3 is 0 Å². The van der Waals surface area contributed by atoms with Crippen molar-refractivity contribution in [3.63, 3.8) is 0 Å². The Balaban J connectivity index is 1.97. The van der Waals surface area contributed by atoms with Crippen LogP contribution >= 0.6 is 11.6 Å². The number of rotatable bonds is 5. The van der Waals surface area contributed by atoms with Crippen molar-refractivity contribution < 1.29 is 0 Å². The summed E-state index contributed by atoms with van der Waals surface area (Å²) >= 11 is 6.20. The van der Waals surface area contributed by atoms with Crippen LogP contribution in [0.15, 0.2) is 103 Å². The standard InChI is InChI=1S/C30H27Cl/c1-21-18-22(2)30(23(3)19-21)29(25-12-8-5-9-13-25)20-28(24-10-6-4-7-11-24)26-14-16-27(31)17-15-26/h4-20,28H,1-3H3/b29-20-. The molecule has 1 atom stereocenters. The lowest BCUT2D eigenvalue weighted by Crippen LogP contribution is -2.02. The number of allylic oxidation sites excluding steroid dienone is 1. The molecule has 0 fully saturated rings. The number of aryl methyl sites for hydroxylation is 3. The van der Waals surface area contributed by atoms with Gasteiger partial charge in [0.1, 0.15) is 0 Å². The quantitative estimate of drug-likeness (QED) is 0.302. The molecule has 0 radical (unpaired) electrons. The van der Waals surface area contributed by atoms with Crippen LogP contribution in [-0.4, -0.2) is 0 Å². The summed E-state index contributed by atoms with van der Waals surface area (Å²) in [5, 5.41) is 0.757. The Morgan fingerprint density at radius 2 is 1.19 bits per heavy atom. The third kappa shape index (κ3) is 4.81. The fourth-order valence-electron chi connectivity index (χ4n) is 4.43. The Hall–Kier alpha value is -3.09. The molecule has 1 unspecified atom stereocenters. The highest BCUT2D eigenvalue weighted by atomic mass is 35.5. The van der Waals surface area contributed by atoms with Crippen LogP contribution in [0, 0.1) is 20.8 Å². The Bertz CT molecular complexity index is 1160. The first-order valence-electron chi connectivity index (χ1n) is 10.7. The minimum atomic E-state index is 0.119. The van der Waals surface area contributed by atoms with Crippen LogP contribution in [0.1, 0.15) is 44.9 Å². The molecule has 1 heteroatoms. The third-order valence-electron chi connectivity index (χ3n) is 5.75. The van der Waals surface area contributed by atoms with E-state index in [-0.39, 0.29) is 5.92 Å². The van der Waals surface area contributed by atoms with Crippen molar-refractivity contribution in [2.75, 3.05) is 0 Å². The highest BCUT2D eigenvalue weighted by Gasteiger charge is 2.17. The van der Waals surface area contributed by atoms with Crippen molar-refractivity contribution in [3.8, 4) is 0 Å². The zero-order valence-corrected chi connectivity index (χ0v) is 19.0. The van der Waals surface area contributed by atoms with Gasteiger partial charge in [-0.05, 0) is 71.9 Å². The summed E-state index contributed by atoms with van der Waals surface area (Å²) in [7, 11) is 0. The van der Waals surface area contributed by atoms with Crippen molar-refractivity contribution in [2.24, 2.45) is 0 Å². The van der Waals surface area contributed by atoms with E-state index in [9.17, 15) is 0 Å². The lowest BCUT2D eigenvalue weighted by atomic mass is 9.83. The highest BCUT2D eigenvalue weighted by molar-refractivity contribution is 6.30. The minimum absolute atomic E-state index is 0.119. The van der Waals surface area contributed by atoms with Crippen molar-refractivity contribution >= 4 is 17.2 Å². The molecule has 0 nitrogen and oxygen atoms in total. The summed E-state index contributed by atoms with van der Waals surface area (Å²) in [4.78, 5) is 0. The second-order valence-corrected chi connectivity index (χ2v) is 8.60. The summed E-state index contributed by atoms with van der Waals surface area (Å²) in [5.74, 6) is 0.119. The van der Waals surface area contributed by atoms with Crippen LogP contribution in [0.5, 0.6) is 0 Å². The average Bonchev–Trinajstić information content (AvgIpc) is 2.77. The molecular weight excluding hydrogens is 396 g/mol. The van der Waals surface area contributed by atoms with E-state index in [1.807, 2.05) is 12.1 Å². The first-order chi connectivity index (χ1) is 15.0. The summed E-state index contributed by atoms with van der Waals surface area (Å²) in [6, 6.07) is 34.2. The fourth-order valence-corrected chi connectivity index (χ4v) is 4.55. The largest absolute Gasteiger partial charge is 0.0843 e. The van der Waals surface area contributed by atoms with Gasteiger partial charge in [-0.25, -0.2) is 0 Å². The zero-order valence-electron chi connectivity index (χ0n) is 18.3. The molecule has 0 bridgehead atoms. The molecule has 0 spiro atoms. The zero-order chi connectivity index (χ0) is 21.8. The molecule has 4 aromatic carbocycles. The maximum atomic E-state index is 6.20. The number of benzene rings is 4. The monoisotopic (exact) mass is 422 g/mol. The lowest BCUT2D eigenvalue weighted by molar-refractivity contribution is 1.03. The Kier molecular flexibility index (Phi) is 6.39. The molecule has 0 amide bonds. The molecule has 0 N–H and O–H groups in total. The van der Waals surface area contributed by atoms with Crippen LogP contribution in [0.2, 0.25) is 5.02 Å². The second-order valence-electron chi connectivity index (χ2n) is 8.16. The van der Waals surface area contributed by atoms with Crippen LogP contribution in [0.3, 0.4) is 0 Å². The minimum Gasteiger partial charge on any atom is -0.0843 e. The predicted octanol–water partition coefficient (Wildman–Crippen LogP) is 8.53. The van der Waals surface area contributed by atoms with Gasteiger partial charge in [0, 0.05) is 10.9 Å². The number of hydrogen-bond donors (Lipinski definition) is 0. The van der Waals surface area contributed by atoms with Crippen molar-refractivity contribution in [1.82, 2.24) is 0 Å². The van der Waals surface area contributed by atoms with Gasteiger partial charge in [-0.3, -0.25) is 0 Å². The van der Waals surface area contributed by atoms with Gasteiger partial charge in [0.2, 0.25) is 0 Å². The molecule has 0 aliphatic carbocycles. The molecule has 0 saturated carbocycles. The molecule has 4 rings (SSSR count). The summed E-state index contributed by atoms with van der Waals surface area (Å²) in [6.45, 7) is 6.59. The van der Waals surface area contributed by atoms with E-state index in [0.29, 0.717) is 0 Å². The van der Waals surface area contributed by atoms with Crippen molar-refractivity contribution in [3.05, 3.63) is 147 Å². The van der Waals surface area contributed by atoms with E-state index in [2.05, 4.69) is 112 Å². The molecule has 0 aliphatic heterocycles. The van der Waals surface area contributed by atoms with Crippen molar-refractivity contribution in [1.29, 1.82) is 0 Å². The smallest absolute Gasteiger partial charge is 0.0406 e. The number of halogens is 1. The van der Waals surface area contributed by atoms with Crippen LogP contribution in [-0.2, 0) is 0 Å². The second kappa shape index (κ2) is 9.37. The van der Waals surface area contributed by atoms with Gasteiger partial charge in [-0.15, -0.1) is 0 Å². The van der Waals surface area contributed by atoms with Gasteiger partial charge in [0.25, 0.3) is 0 Å². The van der Waals surface area contributed by atoms with Gasteiger partial charge in [0.15, 0.2) is 0 Å². The van der Waals surface area contributed by atoms with E-state index in [1.54, 1.807) is 0 Å². The Labute approximate surface area is 190 Å². The number of hydrogen-bond acceptors (Lipinski definition) is 0. The molecule has 0 heterocycles. The fraction of sp³-hybridized carbons (Fsp3) is 0.133. The maximum Gasteiger partial charge on any atom is 0.0406 e. The summed E-state index contributed by atoms with van der Waals surface area (Å²) in [6.07, 6.45) is 2.42. The van der Waals surface area contributed by atoms with E-state index in [4.69, 9.17) is 11.6 Å². The molecule has 154 valence electrons. The molecule has 4 aromatic rings. The van der Waals surface area contributed by atoms with Gasteiger partial charge in [-0.1, -0.05) is 108 Å². The van der Waals surface area contributed by atoms with E-state index >= 15 is 0 Å². The summed E-state index contributed by atoms with van der Waals surface area (Å²) in [5.41, 5.74) is 10.2. The van der Waals surface area contributed by atoms with Crippen LogP contribution < -0.4 is 0 Å². The first-order valence-corrected chi connectivity index (χ1v) is 11.1. The molecule has 0 aromatic heterocycles. The Morgan fingerprint density at radius 1 is 0.677 bits per heavy atom. The predicted molar refractivity (Wildman–Crippen MR) is 134 cm³/mol. The van der Waals surface area contributed by atoms with Crippen molar-refractivity contribution in [2.45, 2.75) is 26.7 Å². The van der Waals surface area contributed by atoms with E-state index in [0.717, 1.165) is 5.02 Å². The third-order valence-corrected chi connectivity index (χ3v) is 6.00. The Morgan fingerprint density at radius 3 is 1.77 bits per heavy atom. The van der Waals surface area contributed by atoms with Crippen LogP contribution in [0.4, 0.5) is 0 Å². The van der Waals surface area contributed by atoms with Gasteiger partial charge in [0.05, 0.1) is 0 Å². The van der Waals surface area contributed by atoms with Gasteiger partial charge >= 0.3 is 0 Å². The highest BCUT2D eigenvalue weighted by Crippen LogP contribution is 2.36. The average molecular weight is 423 g/mol. The lowest BCUT2D eigenvalue weighted by Gasteiger charge is -2.21. The maximum absolute atomic E-state index is 6.20. The SMILES string of the molecule is Cc1cc(C)c(/C(=C\C(c2ccccc2)c2ccc(Cl)cc2)c2ccccc2)c(C)c1. The topological polar surface area (TPSA) is 0 Å². The van der Waals surface area contributed by atoms with Gasteiger partial charge in [-0.2, -0.15) is 0 Å². The first kappa shape index (κ1) is 21.2. The van der Waals surface area contributed by atoms with E-state index in [1.165, 1.54) is 44.5 Å².